The summed E-state index contributed by atoms with van der Waals surface area (Å²) in [6, 6.07) is 0.432. The molecule has 3 unspecified atom stereocenters. The highest BCUT2D eigenvalue weighted by atomic mass is 16.5. The van der Waals surface area contributed by atoms with Crippen LogP contribution < -0.4 is 5.73 Å². The Bertz CT molecular complexity index is 155. The summed E-state index contributed by atoms with van der Waals surface area (Å²) in [5, 5.41) is 9.37. The average Bonchev–Trinajstić information content (AvgIpc) is 2.51. The number of nitrogens with zero attached hydrogens (tertiary/aromatic N) is 1. The van der Waals surface area contributed by atoms with Crippen LogP contribution in [0.4, 0.5) is 0 Å². The third-order valence-electron chi connectivity index (χ3n) is 2.67. The molecule has 13 heavy (non-hydrogen) atoms. The molecular formula is C9H20N2O2. The third kappa shape index (κ3) is 2.91. The first-order valence-corrected chi connectivity index (χ1v) is 4.85. The average molecular weight is 188 g/mol. The summed E-state index contributed by atoms with van der Waals surface area (Å²) in [6.07, 6.45) is 0.905. The van der Waals surface area contributed by atoms with E-state index in [1.807, 2.05) is 7.05 Å². The van der Waals surface area contributed by atoms with Crippen LogP contribution in [0.2, 0.25) is 0 Å². The zero-order valence-electron chi connectivity index (χ0n) is 8.44. The molecule has 1 fully saturated rings. The first-order valence-electron chi connectivity index (χ1n) is 4.85. The summed E-state index contributed by atoms with van der Waals surface area (Å²) >= 11 is 0. The van der Waals surface area contributed by atoms with Crippen molar-refractivity contribution in [2.24, 2.45) is 5.73 Å². The minimum Gasteiger partial charge on any atom is -0.390 e. The molecule has 0 radical (unpaired) electrons. The van der Waals surface area contributed by atoms with Crippen molar-refractivity contribution < 1.29 is 9.84 Å². The zero-order valence-corrected chi connectivity index (χ0v) is 8.44. The van der Waals surface area contributed by atoms with Gasteiger partial charge in [0.1, 0.15) is 0 Å². The Balaban J connectivity index is 2.33. The summed E-state index contributed by atoms with van der Waals surface area (Å²) in [5.41, 5.74) is 5.35. The van der Waals surface area contributed by atoms with E-state index in [-0.39, 0.29) is 6.10 Å². The first kappa shape index (κ1) is 10.9. The van der Waals surface area contributed by atoms with Crippen LogP contribution in [0.3, 0.4) is 0 Å². The number of hydrogen-bond donors (Lipinski definition) is 2. The van der Waals surface area contributed by atoms with E-state index in [1.54, 1.807) is 0 Å². The molecule has 1 saturated heterocycles. The van der Waals surface area contributed by atoms with Crippen LogP contribution in [-0.2, 0) is 4.74 Å². The Kier molecular flexibility index (Phi) is 4.12. The van der Waals surface area contributed by atoms with Gasteiger partial charge in [0, 0.05) is 25.7 Å². The predicted molar refractivity (Wildman–Crippen MR) is 51.5 cm³/mol. The van der Waals surface area contributed by atoms with Gasteiger partial charge >= 0.3 is 0 Å². The van der Waals surface area contributed by atoms with Gasteiger partial charge in [0.15, 0.2) is 0 Å². The van der Waals surface area contributed by atoms with Gasteiger partial charge in [-0.15, -0.1) is 0 Å². The molecule has 4 heteroatoms. The fraction of sp³-hybridized carbons (Fsp3) is 1.00. The van der Waals surface area contributed by atoms with Gasteiger partial charge in [-0.3, -0.25) is 4.90 Å². The molecule has 3 N–H and O–H groups in total. The van der Waals surface area contributed by atoms with Gasteiger partial charge in [-0.1, -0.05) is 0 Å². The molecule has 4 nitrogen and oxygen atoms in total. The first-order chi connectivity index (χ1) is 6.15. The smallest absolute Gasteiger partial charge is 0.0789 e. The van der Waals surface area contributed by atoms with E-state index >= 15 is 0 Å². The molecule has 0 bridgehead atoms. The van der Waals surface area contributed by atoms with Crippen LogP contribution in [0.1, 0.15) is 13.3 Å². The molecule has 3 atom stereocenters. The third-order valence-corrected chi connectivity index (χ3v) is 2.67. The largest absolute Gasteiger partial charge is 0.390 e. The van der Waals surface area contributed by atoms with E-state index in [0.717, 1.165) is 13.0 Å². The molecular weight excluding hydrogens is 168 g/mol. The molecule has 1 heterocycles. The van der Waals surface area contributed by atoms with Crippen LogP contribution in [0.15, 0.2) is 0 Å². The molecule has 1 rings (SSSR count). The van der Waals surface area contributed by atoms with E-state index < -0.39 is 6.10 Å². The van der Waals surface area contributed by atoms with Crippen molar-refractivity contribution in [2.75, 3.05) is 26.7 Å². The summed E-state index contributed by atoms with van der Waals surface area (Å²) in [5.74, 6) is 0. The van der Waals surface area contributed by atoms with Crippen LogP contribution in [0, 0.1) is 0 Å². The highest BCUT2D eigenvalue weighted by Gasteiger charge is 2.28. The molecule has 0 aromatic carbocycles. The number of nitrogens with two attached hydrogens (primary N) is 1. The predicted octanol–water partition coefficient (Wildman–Crippen LogP) is -0.585. The van der Waals surface area contributed by atoms with Crippen LogP contribution in [0.25, 0.3) is 0 Å². The van der Waals surface area contributed by atoms with Crippen LogP contribution in [-0.4, -0.2) is 55.0 Å². The molecule has 0 aliphatic carbocycles. The van der Waals surface area contributed by atoms with Gasteiger partial charge in [0.05, 0.1) is 12.2 Å². The quantitative estimate of drug-likeness (QED) is 0.619. The second-order valence-electron chi connectivity index (χ2n) is 3.76. The van der Waals surface area contributed by atoms with Crippen molar-refractivity contribution in [3.05, 3.63) is 0 Å². The maximum Gasteiger partial charge on any atom is 0.0789 e. The Morgan fingerprint density at radius 2 is 2.38 bits per heavy atom. The molecule has 0 spiro atoms. The highest BCUT2D eigenvalue weighted by Crippen LogP contribution is 2.17. The summed E-state index contributed by atoms with van der Waals surface area (Å²) < 4.78 is 5.45. The Labute approximate surface area is 79.7 Å². The topological polar surface area (TPSA) is 58.7 Å². The molecule has 0 amide bonds. The molecule has 78 valence electrons. The standard InChI is InChI=1S/C9H20N2O2/c1-7-9(3-4-13-7)11(2)6-8(12)5-10/h7-9,12H,3-6,10H2,1-2H3. The monoisotopic (exact) mass is 188 g/mol. The number of ether oxygens (including phenoxy) is 1. The molecule has 0 aromatic rings. The number of aliphatic hydroxyl groups excluding tert-OH is 1. The van der Waals surface area contributed by atoms with Crippen LogP contribution >= 0.6 is 0 Å². The lowest BCUT2D eigenvalue weighted by atomic mass is 10.1. The number of rotatable bonds is 4. The van der Waals surface area contributed by atoms with E-state index in [0.29, 0.717) is 19.1 Å². The maximum absolute atomic E-state index is 9.37. The summed E-state index contributed by atoms with van der Waals surface area (Å²) in [6.45, 7) is 3.86. The SMILES string of the molecule is CC1OCCC1N(C)CC(O)CN. The maximum atomic E-state index is 9.37. The number of aliphatic hydroxyl groups is 1. The van der Waals surface area contributed by atoms with Gasteiger partial charge in [-0.25, -0.2) is 0 Å². The van der Waals surface area contributed by atoms with E-state index in [9.17, 15) is 5.11 Å². The van der Waals surface area contributed by atoms with Crippen molar-refractivity contribution in [3.8, 4) is 0 Å². The fourth-order valence-electron chi connectivity index (χ4n) is 1.84. The minimum atomic E-state index is -0.419. The zero-order chi connectivity index (χ0) is 9.84. The highest BCUT2D eigenvalue weighted by molar-refractivity contribution is 4.81. The second kappa shape index (κ2) is 4.91. The summed E-state index contributed by atoms with van der Waals surface area (Å²) in [7, 11) is 2.01. The lowest BCUT2D eigenvalue weighted by Crippen LogP contribution is -2.43. The van der Waals surface area contributed by atoms with Crippen molar-refractivity contribution in [1.82, 2.24) is 4.90 Å². The van der Waals surface area contributed by atoms with Gasteiger partial charge in [-0.2, -0.15) is 0 Å². The van der Waals surface area contributed by atoms with Gasteiger partial charge in [0.25, 0.3) is 0 Å². The van der Waals surface area contributed by atoms with Gasteiger partial charge < -0.3 is 15.6 Å². The normalized spacial score (nSPS) is 31.2. The second-order valence-corrected chi connectivity index (χ2v) is 3.76. The van der Waals surface area contributed by atoms with E-state index in [2.05, 4.69) is 11.8 Å². The van der Waals surface area contributed by atoms with Crippen molar-refractivity contribution in [1.29, 1.82) is 0 Å². The minimum absolute atomic E-state index is 0.273. The van der Waals surface area contributed by atoms with Crippen LogP contribution in [0.5, 0.6) is 0 Å². The lowest BCUT2D eigenvalue weighted by molar-refractivity contribution is 0.0604. The van der Waals surface area contributed by atoms with Crippen molar-refractivity contribution in [2.45, 2.75) is 31.6 Å². The molecule has 1 aliphatic heterocycles. The van der Waals surface area contributed by atoms with Gasteiger partial charge in [-0.05, 0) is 20.4 Å². The molecule has 0 aromatic heterocycles. The number of likely N-dealkylation sites (N-methyl/N-ethyl adjacent to an activating group) is 1. The van der Waals surface area contributed by atoms with E-state index in [4.69, 9.17) is 10.5 Å². The molecule has 1 aliphatic rings. The van der Waals surface area contributed by atoms with Crippen molar-refractivity contribution >= 4 is 0 Å². The Hall–Kier alpha value is -0.160. The number of hydrogen-bond acceptors (Lipinski definition) is 4. The Morgan fingerprint density at radius 1 is 1.69 bits per heavy atom. The Morgan fingerprint density at radius 3 is 2.85 bits per heavy atom. The van der Waals surface area contributed by atoms with Crippen molar-refractivity contribution in [3.63, 3.8) is 0 Å². The van der Waals surface area contributed by atoms with Gasteiger partial charge in [0.2, 0.25) is 0 Å². The lowest BCUT2D eigenvalue weighted by Gasteiger charge is -2.28. The summed E-state index contributed by atoms with van der Waals surface area (Å²) in [4.78, 5) is 2.13. The molecule has 0 saturated carbocycles. The van der Waals surface area contributed by atoms with E-state index in [1.165, 1.54) is 0 Å². The fourth-order valence-corrected chi connectivity index (χ4v) is 1.84.